The third kappa shape index (κ3) is 6.99. The van der Waals surface area contributed by atoms with Gasteiger partial charge in [0.25, 0.3) is 0 Å². The molecule has 64 valence electrons. The molecule has 0 aromatic rings. The average molecular weight is 160 g/mol. The molecule has 0 saturated carbocycles. The minimum absolute atomic E-state index is 0.0489. The van der Waals surface area contributed by atoms with E-state index in [0.29, 0.717) is 0 Å². The van der Waals surface area contributed by atoms with Crippen molar-refractivity contribution in [3.63, 3.8) is 0 Å². The van der Waals surface area contributed by atoms with Crippen LogP contribution in [0.1, 0.15) is 26.2 Å². The predicted molar refractivity (Wildman–Crippen MR) is 38.2 cm³/mol. The van der Waals surface area contributed by atoms with E-state index in [0.717, 1.165) is 0 Å². The smallest absolute Gasteiger partial charge is 0.303 e. The summed E-state index contributed by atoms with van der Waals surface area (Å²) in [6.07, 6.45) is -0.694. The molecule has 0 aromatic heterocycles. The minimum atomic E-state index is -0.951. The van der Waals surface area contributed by atoms with Gasteiger partial charge in [-0.15, -0.1) is 0 Å². The molecule has 2 N–H and O–H groups in total. The fourth-order valence-electron chi connectivity index (χ4n) is 0.724. The molecule has 0 radical (unpaired) electrons. The second kappa shape index (κ2) is 4.85. The Bertz CT molecular complexity index is 153. The fraction of sp³-hybridized carbons (Fsp3) is 0.714. The molecule has 0 heterocycles. The number of aliphatic hydroxyl groups excluding tert-OH is 1. The number of aliphatic carboxylic acids is 1. The molecule has 0 aliphatic rings. The summed E-state index contributed by atoms with van der Waals surface area (Å²) in [6, 6.07) is 0. The summed E-state index contributed by atoms with van der Waals surface area (Å²) >= 11 is 0. The van der Waals surface area contributed by atoms with E-state index in [1.54, 1.807) is 0 Å². The molecule has 11 heavy (non-hydrogen) atoms. The molecule has 1 atom stereocenters. The standard InChI is InChI=1S/C7H12O4/c1-5(8)4-6(9)2-3-7(10)11/h6,9H,2-4H2,1H3,(H,10,11). The van der Waals surface area contributed by atoms with Crippen molar-refractivity contribution in [2.45, 2.75) is 32.3 Å². The Morgan fingerprint density at radius 3 is 2.36 bits per heavy atom. The summed E-state index contributed by atoms with van der Waals surface area (Å²) in [5.41, 5.74) is 0. The molecule has 0 rings (SSSR count). The molecule has 0 amide bonds. The Kier molecular flexibility index (Phi) is 4.45. The van der Waals surface area contributed by atoms with Crippen LogP contribution in [0.4, 0.5) is 0 Å². The fourth-order valence-corrected chi connectivity index (χ4v) is 0.724. The number of carbonyl (C=O) groups excluding carboxylic acids is 1. The van der Waals surface area contributed by atoms with Crippen molar-refractivity contribution in [3.05, 3.63) is 0 Å². The van der Waals surface area contributed by atoms with Gasteiger partial charge in [0.15, 0.2) is 0 Å². The average Bonchev–Trinajstić information content (AvgIpc) is 1.82. The van der Waals surface area contributed by atoms with Gasteiger partial charge in [0.1, 0.15) is 5.78 Å². The molecule has 0 spiro atoms. The summed E-state index contributed by atoms with van der Waals surface area (Å²) in [5, 5.41) is 17.2. The quantitative estimate of drug-likeness (QED) is 0.602. The Hall–Kier alpha value is -0.900. The normalized spacial score (nSPS) is 12.5. The van der Waals surface area contributed by atoms with Crippen molar-refractivity contribution >= 4 is 11.8 Å². The second-order valence-electron chi connectivity index (χ2n) is 2.49. The maximum atomic E-state index is 10.4. The van der Waals surface area contributed by atoms with Crippen LogP contribution in [-0.2, 0) is 9.59 Å². The van der Waals surface area contributed by atoms with Gasteiger partial charge < -0.3 is 10.2 Å². The summed E-state index contributed by atoms with van der Waals surface area (Å²) in [4.78, 5) is 20.4. The lowest BCUT2D eigenvalue weighted by atomic mass is 10.1. The van der Waals surface area contributed by atoms with Crippen LogP contribution in [0, 0.1) is 0 Å². The first-order valence-corrected chi connectivity index (χ1v) is 3.41. The number of carboxylic acid groups (broad SMARTS) is 1. The molecule has 0 saturated heterocycles. The molecule has 0 bridgehead atoms. The SMILES string of the molecule is CC(=O)CC(O)CCC(=O)O. The number of aliphatic hydroxyl groups is 1. The summed E-state index contributed by atoms with van der Waals surface area (Å²) in [7, 11) is 0. The zero-order valence-corrected chi connectivity index (χ0v) is 6.41. The van der Waals surface area contributed by atoms with Crippen LogP contribution in [0.3, 0.4) is 0 Å². The third-order valence-corrected chi connectivity index (χ3v) is 1.21. The van der Waals surface area contributed by atoms with Crippen LogP contribution in [0.5, 0.6) is 0 Å². The first kappa shape index (κ1) is 10.1. The molecule has 0 aromatic carbocycles. The number of carboxylic acids is 1. The Morgan fingerprint density at radius 1 is 1.45 bits per heavy atom. The molecule has 0 aliphatic heterocycles. The highest BCUT2D eigenvalue weighted by atomic mass is 16.4. The first-order chi connectivity index (χ1) is 5.02. The zero-order chi connectivity index (χ0) is 8.85. The van der Waals surface area contributed by atoms with Gasteiger partial charge in [0.2, 0.25) is 0 Å². The molecule has 4 heteroatoms. The predicted octanol–water partition coefficient (Wildman–Crippen LogP) is 0.191. The largest absolute Gasteiger partial charge is 0.481 e. The van der Waals surface area contributed by atoms with Gasteiger partial charge in [-0.25, -0.2) is 0 Å². The highest BCUT2D eigenvalue weighted by molar-refractivity contribution is 5.76. The van der Waals surface area contributed by atoms with E-state index in [2.05, 4.69) is 0 Å². The third-order valence-electron chi connectivity index (χ3n) is 1.21. The zero-order valence-electron chi connectivity index (χ0n) is 6.41. The van der Waals surface area contributed by atoms with E-state index < -0.39 is 12.1 Å². The minimum Gasteiger partial charge on any atom is -0.481 e. The van der Waals surface area contributed by atoms with E-state index >= 15 is 0 Å². The maximum Gasteiger partial charge on any atom is 0.303 e. The van der Waals surface area contributed by atoms with E-state index in [1.165, 1.54) is 6.92 Å². The lowest BCUT2D eigenvalue weighted by molar-refractivity contribution is -0.138. The Balaban J connectivity index is 3.44. The summed E-state index contributed by atoms with van der Waals surface area (Å²) < 4.78 is 0. The van der Waals surface area contributed by atoms with Gasteiger partial charge in [-0.2, -0.15) is 0 Å². The number of hydrogen-bond donors (Lipinski definition) is 2. The molecular weight excluding hydrogens is 148 g/mol. The van der Waals surface area contributed by atoms with Crippen LogP contribution in [0.15, 0.2) is 0 Å². The Labute approximate surface area is 64.8 Å². The lowest BCUT2D eigenvalue weighted by Crippen LogP contribution is -2.12. The molecule has 4 nitrogen and oxygen atoms in total. The van der Waals surface area contributed by atoms with Crippen molar-refractivity contribution in [1.82, 2.24) is 0 Å². The highest BCUT2D eigenvalue weighted by Gasteiger charge is 2.08. The summed E-state index contributed by atoms with van der Waals surface area (Å²) in [6.45, 7) is 1.37. The van der Waals surface area contributed by atoms with E-state index in [-0.39, 0.29) is 25.0 Å². The van der Waals surface area contributed by atoms with Gasteiger partial charge in [0.05, 0.1) is 6.10 Å². The molecule has 0 aliphatic carbocycles. The second-order valence-corrected chi connectivity index (χ2v) is 2.49. The number of Topliss-reactive ketones (excluding diaryl/α,β-unsaturated/α-hetero) is 1. The van der Waals surface area contributed by atoms with E-state index in [9.17, 15) is 9.59 Å². The highest BCUT2D eigenvalue weighted by Crippen LogP contribution is 2.01. The Morgan fingerprint density at radius 2 is 2.00 bits per heavy atom. The van der Waals surface area contributed by atoms with Gasteiger partial charge in [0, 0.05) is 12.8 Å². The first-order valence-electron chi connectivity index (χ1n) is 3.41. The number of rotatable bonds is 5. The number of hydrogen-bond acceptors (Lipinski definition) is 3. The summed E-state index contributed by atoms with van der Waals surface area (Å²) in [5.74, 6) is -1.07. The van der Waals surface area contributed by atoms with Crippen molar-refractivity contribution < 1.29 is 19.8 Å². The maximum absolute atomic E-state index is 10.4. The van der Waals surface area contributed by atoms with Crippen molar-refractivity contribution in [2.24, 2.45) is 0 Å². The molecule has 0 fully saturated rings. The van der Waals surface area contributed by atoms with Crippen LogP contribution < -0.4 is 0 Å². The number of carbonyl (C=O) groups is 2. The van der Waals surface area contributed by atoms with Gasteiger partial charge in [-0.3, -0.25) is 9.59 Å². The van der Waals surface area contributed by atoms with Crippen LogP contribution >= 0.6 is 0 Å². The number of ketones is 1. The molecule has 1 unspecified atom stereocenters. The molecular formula is C7H12O4. The van der Waals surface area contributed by atoms with Gasteiger partial charge >= 0.3 is 5.97 Å². The van der Waals surface area contributed by atoms with E-state index in [4.69, 9.17) is 10.2 Å². The van der Waals surface area contributed by atoms with Gasteiger partial charge in [-0.05, 0) is 13.3 Å². The van der Waals surface area contributed by atoms with Crippen LogP contribution in [0.25, 0.3) is 0 Å². The van der Waals surface area contributed by atoms with Crippen LogP contribution in [0.2, 0.25) is 0 Å². The lowest BCUT2D eigenvalue weighted by Gasteiger charge is -2.04. The van der Waals surface area contributed by atoms with Crippen LogP contribution in [-0.4, -0.2) is 28.1 Å². The van der Waals surface area contributed by atoms with Crippen molar-refractivity contribution in [3.8, 4) is 0 Å². The van der Waals surface area contributed by atoms with Gasteiger partial charge in [-0.1, -0.05) is 0 Å². The van der Waals surface area contributed by atoms with E-state index in [1.807, 2.05) is 0 Å². The van der Waals surface area contributed by atoms with Crippen molar-refractivity contribution in [1.29, 1.82) is 0 Å². The topological polar surface area (TPSA) is 74.6 Å². The van der Waals surface area contributed by atoms with Crippen molar-refractivity contribution in [2.75, 3.05) is 0 Å². The monoisotopic (exact) mass is 160 g/mol.